The Bertz CT molecular complexity index is 1020. The summed E-state index contributed by atoms with van der Waals surface area (Å²) in [6.07, 6.45) is 0. The fraction of sp³-hybridized carbons (Fsp3) is 0.130. The summed E-state index contributed by atoms with van der Waals surface area (Å²) in [6, 6.07) is 21.9. The second-order valence-electron chi connectivity index (χ2n) is 6.61. The van der Waals surface area contributed by atoms with Gasteiger partial charge in [-0.3, -0.25) is 9.59 Å². The molecule has 1 atom stereocenters. The minimum Gasteiger partial charge on any atom is -0.325 e. The summed E-state index contributed by atoms with van der Waals surface area (Å²) in [7, 11) is 0. The molecule has 1 unspecified atom stereocenters. The van der Waals surface area contributed by atoms with Crippen LogP contribution in [0.3, 0.4) is 0 Å². The molecule has 2 N–H and O–H groups in total. The molecule has 148 valence electrons. The Morgan fingerprint density at radius 2 is 1.55 bits per heavy atom. The lowest BCUT2D eigenvalue weighted by molar-refractivity contribution is -0.115. The van der Waals surface area contributed by atoms with Gasteiger partial charge in [0.25, 0.3) is 5.91 Å². The first-order chi connectivity index (χ1) is 13.9. The van der Waals surface area contributed by atoms with Crippen molar-refractivity contribution in [3.05, 3.63) is 88.9 Å². The van der Waals surface area contributed by atoms with E-state index in [1.807, 2.05) is 50.2 Å². The summed E-state index contributed by atoms with van der Waals surface area (Å²) >= 11 is 7.38. The standard InChI is InChI=1S/C23H21ClN2O2S/c1-15-9-11-17(12-10-15)23(28)26-20-7-4-8-21(14-20)29-16(2)22(27)25-19-6-3-5-18(24)13-19/h3-14,16H,1-2H3,(H,25,27)(H,26,28). The first-order valence-electron chi connectivity index (χ1n) is 9.12. The number of amides is 2. The highest BCUT2D eigenvalue weighted by Crippen LogP contribution is 2.27. The predicted octanol–water partition coefficient (Wildman–Crippen LogP) is 6.02. The van der Waals surface area contributed by atoms with Gasteiger partial charge in [0.1, 0.15) is 0 Å². The largest absolute Gasteiger partial charge is 0.325 e. The van der Waals surface area contributed by atoms with Crippen LogP contribution in [0.2, 0.25) is 5.02 Å². The number of carbonyl (C=O) groups is 2. The number of benzene rings is 3. The number of hydrogen-bond donors (Lipinski definition) is 2. The van der Waals surface area contributed by atoms with Gasteiger partial charge in [0.15, 0.2) is 0 Å². The molecule has 4 nitrogen and oxygen atoms in total. The Labute approximate surface area is 179 Å². The molecule has 29 heavy (non-hydrogen) atoms. The van der Waals surface area contributed by atoms with Gasteiger partial charge in [-0.25, -0.2) is 0 Å². The minimum atomic E-state index is -0.322. The Hall–Kier alpha value is -2.76. The Balaban J connectivity index is 1.62. The molecule has 0 aliphatic rings. The van der Waals surface area contributed by atoms with E-state index >= 15 is 0 Å². The molecule has 2 amide bonds. The monoisotopic (exact) mass is 424 g/mol. The van der Waals surface area contributed by atoms with Crippen LogP contribution in [0.5, 0.6) is 0 Å². The van der Waals surface area contributed by atoms with Crippen LogP contribution in [0.4, 0.5) is 11.4 Å². The van der Waals surface area contributed by atoms with Gasteiger partial charge in [0.05, 0.1) is 5.25 Å². The number of nitrogens with one attached hydrogen (secondary N) is 2. The van der Waals surface area contributed by atoms with E-state index in [1.54, 1.807) is 36.4 Å². The van der Waals surface area contributed by atoms with Crippen molar-refractivity contribution in [1.82, 2.24) is 0 Å². The zero-order valence-corrected chi connectivity index (χ0v) is 17.7. The SMILES string of the molecule is Cc1ccc(C(=O)Nc2cccc(SC(C)C(=O)Nc3cccc(Cl)c3)c2)cc1. The minimum absolute atomic E-state index is 0.119. The lowest BCUT2D eigenvalue weighted by Gasteiger charge is -2.13. The quantitative estimate of drug-likeness (QED) is 0.475. The number of halogens is 1. The van der Waals surface area contributed by atoms with Crippen molar-refractivity contribution in [1.29, 1.82) is 0 Å². The average molecular weight is 425 g/mol. The van der Waals surface area contributed by atoms with Gasteiger partial charge in [0.2, 0.25) is 5.91 Å². The van der Waals surface area contributed by atoms with Crippen molar-refractivity contribution < 1.29 is 9.59 Å². The molecule has 3 rings (SSSR count). The molecule has 0 aromatic heterocycles. The van der Waals surface area contributed by atoms with Crippen LogP contribution in [0, 0.1) is 6.92 Å². The van der Waals surface area contributed by atoms with Gasteiger partial charge in [-0.15, -0.1) is 11.8 Å². The average Bonchev–Trinajstić information content (AvgIpc) is 2.68. The maximum atomic E-state index is 12.5. The molecule has 0 aliphatic carbocycles. The number of thioether (sulfide) groups is 1. The number of anilines is 2. The highest BCUT2D eigenvalue weighted by molar-refractivity contribution is 8.00. The zero-order valence-electron chi connectivity index (χ0n) is 16.1. The van der Waals surface area contributed by atoms with Crippen molar-refractivity contribution in [2.45, 2.75) is 24.0 Å². The second kappa shape index (κ2) is 9.63. The fourth-order valence-electron chi connectivity index (χ4n) is 2.62. The van der Waals surface area contributed by atoms with Crippen LogP contribution in [-0.4, -0.2) is 17.1 Å². The van der Waals surface area contributed by atoms with Crippen LogP contribution in [0.25, 0.3) is 0 Å². The van der Waals surface area contributed by atoms with E-state index in [2.05, 4.69) is 10.6 Å². The molecule has 3 aromatic rings. The third kappa shape index (κ3) is 6.11. The van der Waals surface area contributed by atoms with Crippen LogP contribution in [-0.2, 0) is 4.79 Å². The molecule has 6 heteroatoms. The number of rotatable bonds is 6. The Kier molecular flexibility index (Phi) is 6.96. The molecule has 0 aliphatic heterocycles. The van der Waals surface area contributed by atoms with Crippen molar-refractivity contribution in [3.8, 4) is 0 Å². The van der Waals surface area contributed by atoms with E-state index in [0.717, 1.165) is 10.5 Å². The van der Waals surface area contributed by atoms with E-state index in [4.69, 9.17) is 11.6 Å². The predicted molar refractivity (Wildman–Crippen MR) is 121 cm³/mol. The summed E-state index contributed by atoms with van der Waals surface area (Å²) in [4.78, 5) is 25.8. The molecular weight excluding hydrogens is 404 g/mol. The number of carbonyl (C=O) groups excluding carboxylic acids is 2. The molecule has 0 spiro atoms. The van der Waals surface area contributed by atoms with Gasteiger partial charge in [0, 0.05) is 26.9 Å². The van der Waals surface area contributed by atoms with E-state index in [1.165, 1.54) is 11.8 Å². The first kappa shape index (κ1) is 21.0. The Morgan fingerprint density at radius 3 is 2.24 bits per heavy atom. The van der Waals surface area contributed by atoms with E-state index in [-0.39, 0.29) is 17.1 Å². The molecule has 0 saturated heterocycles. The molecule has 0 bridgehead atoms. The van der Waals surface area contributed by atoms with Crippen molar-refractivity contribution in [2.24, 2.45) is 0 Å². The van der Waals surface area contributed by atoms with Crippen LogP contribution in [0.1, 0.15) is 22.8 Å². The van der Waals surface area contributed by atoms with Crippen molar-refractivity contribution in [2.75, 3.05) is 10.6 Å². The zero-order chi connectivity index (χ0) is 20.8. The molecule has 0 radical (unpaired) electrons. The topological polar surface area (TPSA) is 58.2 Å². The highest BCUT2D eigenvalue weighted by atomic mass is 35.5. The normalized spacial score (nSPS) is 11.6. The van der Waals surface area contributed by atoms with E-state index in [9.17, 15) is 9.59 Å². The van der Waals surface area contributed by atoms with Gasteiger partial charge < -0.3 is 10.6 Å². The number of aryl methyl sites for hydroxylation is 1. The molecule has 3 aromatic carbocycles. The first-order valence-corrected chi connectivity index (χ1v) is 10.4. The molecule has 0 saturated carbocycles. The maximum absolute atomic E-state index is 12.5. The van der Waals surface area contributed by atoms with Gasteiger partial charge in [-0.1, -0.05) is 41.4 Å². The van der Waals surface area contributed by atoms with Crippen LogP contribution >= 0.6 is 23.4 Å². The third-order valence-corrected chi connectivity index (χ3v) is 5.51. The molecule has 0 fully saturated rings. The summed E-state index contributed by atoms with van der Waals surface area (Å²) < 4.78 is 0. The Morgan fingerprint density at radius 1 is 0.897 bits per heavy atom. The summed E-state index contributed by atoms with van der Waals surface area (Å²) in [5.41, 5.74) is 3.05. The summed E-state index contributed by atoms with van der Waals surface area (Å²) in [5, 5.41) is 6.01. The van der Waals surface area contributed by atoms with Gasteiger partial charge in [-0.05, 0) is 62.4 Å². The van der Waals surface area contributed by atoms with Crippen molar-refractivity contribution in [3.63, 3.8) is 0 Å². The second-order valence-corrected chi connectivity index (χ2v) is 8.46. The lowest BCUT2D eigenvalue weighted by Crippen LogP contribution is -2.22. The van der Waals surface area contributed by atoms with Crippen LogP contribution in [0.15, 0.2) is 77.7 Å². The molecule has 0 heterocycles. The molecular formula is C23H21ClN2O2S. The van der Waals surface area contributed by atoms with Crippen LogP contribution < -0.4 is 10.6 Å². The highest BCUT2D eigenvalue weighted by Gasteiger charge is 2.15. The lowest BCUT2D eigenvalue weighted by atomic mass is 10.1. The van der Waals surface area contributed by atoms with E-state index < -0.39 is 0 Å². The fourth-order valence-corrected chi connectivity index (χ4v) is 3.74. The summed E-state index contributed by atoms with van der Waals surface area (Å²) in [6.45, 7) is 3.81. The smallest absolute Gasteiger partial charge is 0.255 e. The van der Waals surface area contributed by atoms with Crippen molar-refractivity contribution >= 4 is 46.6 Å². The summed E-state index contributed by atoms with van der Waals surface area (Å²) in [5.74, 6) is -0.287. The third-order valence-electron chi connectivity index (χ3n) is 4.18. The van der Waals surface area contributed by atoms with Gasteiger partial charge in [-0.2, -0.15) is 0 Å². The maximum Gasteiger partial charge on any atom is 0.255 e. The number of hydrogen-bond acceptors (Lipinski definition) is 3. The van der Waals surface area contributed by atoms with Gasteiger partial charge >= 0.3 is 0 Å². The van der Waals surface area contributed by atoms with E-state index in [0.29, 0.717) is 22.0 Å².